The van der Waals surface area contributed by atoms with Crippen molar-refractivity contribution in [3.05, 3.63) is 0 Å². The van der Waals surface area contributed by atoms with E-state index in [-0.39, 0.29) is 0 Å². The quantitative estimate of drug-likeness (QED) is 0.475. The molecule has 0 saturated carbocycles. The summed E-state index contributed by atoms with van der Waals surface area (Å²) in [7, 11) is 0. The average Bonchev–Trinajstić information content (AvgIpc) is 2.27. The van der Waals surface area contributed by atoms with Crippen LogP contribution in [0.5, 0.6) is 0 Å². The van der Waals surface area contributed by atoms with E-state index in [2.05, 4.69) is 22.6 Å². The minimum atomic E-state index is 0.605. The zero-order valence-electron chi connectivity index (χ0n) is 6.05. The van der Waals surface area contributed by atoms with Gasteiger partial charge < -0.3 is 4.74 Å². The van der Waals surface area contributed by atoms with Crippen LogP contribution in [0.15, 0.2) is 0 Å². The van der Waals surface area contributed by atoms with E-state index in [1.54, 1.807) is 0 Å². The van der Waals surface area contributed by atoms with Gasteiger partial charge in [-0.25, -0.2) is 0 Å². The first-order valence-electron chi connectivity index (χ1n) is 4.16. The van der Waals surface area contributed by atoms with Crippen LogP contribution < -0.4 is 0 Å². The van der Waals surface area contributed by atoms with Crippen molar-refractivity contribution in [3.8, 4) is 0 Å². The third-order valence-electron chi connectivity index (χ3n) is 2.55. The maximum absolute atomic E-state index is 5.83. The Morgan fingerprint density at radius 2 is 2.00 bits per heavy atom. The molecule has 0 N–H and O–H groups in total. The van der Waals surface area contributed by atoms with E-state index >= 15 is 0 Å². The molecule has 0 spiro atoms. The van der Waals surface area contributed by atoms with E-state index in [0.717, 1.165) is 3.92 Å². The van der Waals surface area contributed by atoms with Crippen LogP contribution in [0.3, 0.4) is 0 Å². The van der Waals surface area contributed by atoms with Crippen LogP contribution in [0.25, 0.3) is 0 Å². The van der Waals surface area contributed by atoms with Gasteiger partial charge in [-0.1, -0.05) is 22.6 Å². The Balaban J connectivity index is 2.03. The van der Waals surface area contributed by atoms with Gasteiger partial charge in [-0.2, -0.15) is 0 Å². The van der Waals surface area contributed by atoms with Crippen molar-refractivity contribution in [2.75, 3.05) is 0 Å². The van der Waals surface area contributed by atoms with E-state index in [0.29, 0.717) is 12.2 Å². The summed E-state index contributed by atoms with van der Waals surface area (Å²) in [5.41, 5.74) is 0. The second-order valence-corrected chi connectivity index (χ2v) is 4.92. The van der Waals surface area contributed by atoms with Gasteiger partial charge in [-0.05, 0) is 32.1 Å². The maximum Gasteiger partial charge on any atom is 0.0697 e. The predicted molar refractivity (Wildman–Crippen MR) is 49.6 cm³/mol. The third kappa shape index (κ3) is 1.33. The second kappa shape index (κ2) is 2.97. The SMILES string of the molecule is I[C@@H]1CCC[C@@H]2CC[C@H]1O2. The monoisotopic (exact) mass is 252 g/mol. The maximum atomic E-state index is 5.83. The summed E-state index contributed by atoms with van der Waals surface area (Å²) in [4.78, 5) is 0. The minimum Gasteiger partial charge on any atom is -0.374 e. The number of ether oxygens (including phenoxy) is 1. The van der Waals surface area contributed by atoms with Crippen LogP contribution in [0.4, 0.5) is 0 Å². The molecule has 2 aliphatic rings. The van der Waals surface area contributed by atoms with Crippen molar-refractivity contribution in [1.29, 1.82) is 0 Å². The van der Waals surface area contributed by atoms with Gasteiger partial charge in [0.15, 0.2) is 0 Å². The molecule has 0 amide bonds. The Bertz CT molecular complexity index is 126. The number of rotatable bonds is 0. The Morgan fingerprint density at radius 1 is 1.10 bits per heavy atom. The first kappa shape index (κ1) is 7.35. The topological polar surface area (TPSA) is 9.23 Å². The molecule has 3 atom stereocenters. The molecule has 2 saturated heterocycles. The van der Waals surface area contributed by atoms with Crippen molar-refractivity contribution in [1.82, 2.24) is 0 Å². The molecule has 10 heavy (non-hydrogen) atoms. The summed E-state index contributed by atoms with van der Waals surface area (Å²) in [6.45, 7) is 0. The van der Waals surface area contributed by atoms with E-state index in [1.165, 1.54) is 32.1 Å². The molecule has 0 aromatic carbocycles. The molecule has 0 unspecified atom stereocenters. The van der Waals surface area contributed by atoms with Gasteiger partial charge in [-0.15, -0.1) is 0 Å². The fourth-order valence-corrected chi connectivity index (χ4v) is 2.91. The molecular weight excluding hydrogens is 239 g/mol. The molecule has 2 heterocycles. The van der Waals surface area contributed by atoms with E-state index < -0.39 is 0 Å². The molecule has 0 aliphatic carbocycles. The molecule has 0 aromatic heterocycles. The van der Waals surface area contributed by atoms with Crippen molar-refractivity contribution in [2.45, 2.75) is 48.2 Å². The highest BCUT2D eigenvalue weighted by atomic mass is 127. The number of hydrogen-bond donors (Lipinski definition) is 0. The second-order valence-electron chi connectivity index (χ2n) is 3.32. The van der Waals surface area contributed by atoms with Gasteiger partial charge in [-0.3, -0.25) is 0 Å². The van der Waals surface area contributed by atoms with Crippen molar-refractivity contribution < 1.29 is 4.74 Å². The number of halogens is 1. The summed E-state index contributed by atoms with van der Waals surface area (Å²) in [5, 5.41) is 0. The fourth-order valence-electron chi connectivity index (χ4n) is 1.94. The molecule has 0 radical (unpaired) electrons. The predicted octanol–water partition coefficient (Wildman–Crippen LogP) is 2.52. The first-order valence-corrected chi connectivity index (χ1v) is 5.40. The molecular formula is C8H13IO. The zero-order chi connectivity index (χ0) is 6.97. The molecule has 0 aromatic rings. The molecule has 2 rings (SSSR count). The lowest BCUT2D eigenvalue weighted by Crippen LogP contribution is -2.17. The zero-order valence-corrected chi connectivity index (χ0v) is 8.21. The minimum absolute atomic E-state index is 0.605. The van der Waals surface area contributed by atoms with Crippen LogP contribution in [0, 0.1) is 0 Å². The van der Waals surface area contributed by atoms with Crippen LogP contribution in [0.2, 0.25) is 0 Å². The van der Waals surface area contributed by atoms with Crippen molar-refractivity contribution in [2.24, 2.45) is 0 Å². The smallest absolute Gasteiger partial charge is 0.0697 e. The normalized spacial score (nSPS) is 47.1. The highest BCUT2D eigenvalue weighted by Crippen LogP contribution is 2.34. The number of alkyl halides is 1. The summed E-state index contributed by atoms with van der Waals surface area (Å²) in [6.07, 6.45) is 7.95. The fraction of sp³-hybridized carbons (Fsp3) is 1.00. The Hall–Kier alpha value is 0.690. The Labute approximate surface area is 75.7 Å². The standard InChI is InChI=1S/C8H13IO/c9-7-3-1-2-6-4-5-8(7)10-6/h6-8H,1-5H2/t6-,7-,8-/m1/s1. The summed E-state index contributed by atoms with van der Waals surface area (Å²) < 4.78 is 6.62. The van der Waals surface area contributed by atoms with Gasteiger partial charge in [0.25, 0.3) is 0 Å². The number of hydrogen-bond acceptors (Lipinski definition) is 1. The third-order valence-corrected chi connectivity index (χ3v) is 3.97. The van der Waals surface area contributed by atoms with Gasteiger partial charge >= 0.3 is 0 Å². The van der Waals surface area contributed by atoms with Gasteiger partial charge in [0.2, 0.25) is 0 Å². The van der Waals surface area contributed by atoms with Crippen LogP contribution in [-0.4, -0.2) is 16.1 Å². The highest BCUT2D eigenvalue weighted by molar-refractivity contribution is 14.1. The molecule has 1 nitrogen and oxygen atoms in total. The molecule has 58 valence electrons. The van der Waals surface area contributed by atoms with Crippen LogP contribution in [-0.2, 0) is 4.74 Å². The molecule has 2 fully saturated rings. The van der Waals surface area contributed by atoms with Crippen molar-refractivity contribution in [3.63, 3.8) is 0 Å². The van der Waals surface area contributed by atoms with E-state index in [1.807, 2.05) is 0 Å². The van der Waals surface area contributed by atoms with Crippen LogP contribution >= 0.6 is 22.6 Å². The lowest BCUT2D eigenvalue weighted by Gasteiger charge is -2.13. The lowest BCUT2D eigenvalue weighted by molar-refractivity contribution is 0.0547. The van der Waals surface area contributed by atoms with Gasteiger partial charge in [0.1, 0.15) is 0 Å². The van der Waals surface area contributed by atoms with E-state index in [9.17, 15) is 0 Å². The van der Waals surface area contributed by atoms with Gasteiger partial charge in [0, 0.05) is 3.92 Å². The van der Waals surface area contributed by atoms with E-state index in [4.69, 9.17) is 4.74 Å². The molecule has 2 aliphatic heterocycles. The average molecular weight is 252 g/mol. The summed E-state index contributed by atoms with van der Waals surface area (Å²) in [5.74, 6) is 0. The first-order chi connectivity index (χ1) is 4.86. The largest absolute Gasteiger partial charge is 0.374 e. The Morgan fingerprint density at radius 3 is 2.90 bits per heavy atom. The van der Waals surface area contributed by atoms with Crippen molar-refractivity contribution >= 4 is 22.6 Å². The summed E-state index contributed by atoms with van der Waals surface area (Å²) in [6, 6.07) is 0. The lowest BCUT2D eigenvalue weighted by atomic mass is 10.0. The highest BCUT2D eigenvalue weighted by Gasteiger charge is 2.32. The molecule has 2 bridgehead atoms. The summed E-state index contributed by atoms with van der Waals surface area (Å²) >= 11 is 2.55. The van der Waals surface area contributed by atoms with Crippen LogP contribution in [0.1, 0.15) is 32.1 Å². The molecule has 2 heteroatoms. The Kier molecular flexibility index (Phi) is 2.18. The number of fused-ring (bicyclic) bond motifs is 2. The van der Waals surface area contributed by atoms with Gasteiger partial charge in [0.05, 0.1) is 12.2 Å².